The van der Waals surface area contributed by atoms with Gasteiger partial charge < -0.3 is 10.4 Å². The van der Waals surface area contributed by atoms with E-state index in [2.05, 4.69) is 10.3 Å². The number of benzene rings is 1. The summed E-state index contributed by atoms with van der Waals surface area (Å²) in [5.41, 5.74) is 0.368. The van der Waals surface area contributed by atoms with Gasteiger partial charge in [-0.05, 0) is 11.5 Å². The predicted molar refractivity (Wildman–Crippen MR) is 61.2 cm³/mol. The fraction of sp³-hybridized carbons (Fsp3) is 0.167. The maximum atomic E-state index is 11.6. The van der Waals surface area contributed by atoms with Crippen molar-refractivity contribution < 1.29 is 9.90 Å². The molecule has 1 heterocycles. The first-order chi connectivity index (χ1) is 7.81. The number of nitrogens with one attached hydrogen (secondary N) is 1. The minimum atomic E-state index is -0.264. The van der Waals surface area contributed by atoms with E-state index < -0.39 is 0 Å². The predicted octanol–water partition coefficient (Wildman–Crippen LogP) is 0.957. The molecule has 0 saturated carbocycles. The Bertz CT molecular complexity index is 511. The Labute approximate surface area is 92.9 Å². The lowest BCUT2D eigenvalue weighted by Crippen LogP contribution is -2.27. The van der Waals surface area contributed by atoms with Crippen LogP contribution in [0.3, 0.4) is 0 Å². The molecule has 2 rings (SSSR count). The summed E-state index contributed by atoms with van der Waals surface area (Å²) in [5, 5.41) is 13.1. The molecule has 1 aromatic carbocycles. The Morgan fingerprint density at radius 3 is 2.81 bits per heavy atom. The average molecular weight is 216 g/mol. The normalized spacial score (nSPS) is 10.3. The largest absolute Gasteiger partial charge is 0.395 e. The highest BCUT2D eigenvalue weighted by atomic mass is 16.3. The van der Waals surface area contributed by atoms with Crippen molar-refractivity contribution in [2.45, 2.75) is 0 Å². The number of aliphatic hydroxyl groups is 1. The van der Waals surface area contributed by atoms with Gasteiger partial charge in [0.25, 0.3) is 5.91 Å². The molecular weight excluding hydrogens is 204 g/mol. The van der Waals surface area contributed by atoms with Gasteiger partial charge in [-0.3, -0.25) is 9.78 Å². The molecule has 16 heavy (non-hydrogen) atoms. The van der Waals surface area contributed by atoms with Gasteiger partial charge in [0.2, 0.25) is 0 Å². The Morgan fingerprint density at radius 1 is 1.31 bits per heavy atom. The molecule has 0 atom stereocenters. The van der Waals surface area contributed by atoms with Crippen LogP contribution in [-0.2, 0) is 0 Å². The van der Waals surface area contributed by atoms with Crippen molar-refractivity contribution in [3.63, 3.8) is 0 Å². The van der Waals surface area contributed by atoms with Gasteiger partial charge in [0.1, 0.15) is 5.69 Å². The van der Waals surface area contributed by atoms with Crippen molar-refractivity contribution in [2.75, 3.05) is 13.2 Å². The number of amides is 1. The van der Waals surface area contributed by atoms with Crippen LogP contribution in [0.2, 0.25) is 0 Å². The van der Waals surface area contributed by atoms with Gasteiger partial charge in [0, 0.05) is 18.1 Å². The van der Waals surface area contributed by atoms with Crippen molar-refractivity contribution >= 4 is 16.7 Å². The van der Waals surface area contributed by atoms with Crippen LogP contribution in [0.4, 0.5) is 0 Å². The third-order valence-electron chi connectivity index (χ3n) is 2.26. The second-order valence-electron chi connectivity index (χ2n) is 3.40. The molecule has 1 aromatic heterocycles. The topological polar surface area (TPSA) is 62.2 Å². The first-order valence-corrected chi connectivity index (χ1v) is 5.05. The van der Waals surface area contributed by atoms with E-state index in [1.807, 2.05) is 24.3 Å². The van der Waals surface area contributed by atoms with E-state index >= 15 is 0 Å². The van der Waals surface area contributed by atoms with Crippen LogP contribution in [0.15, 0.2) is 36.5 Å². The Balaban J connectivity index is 2.28. The van der Waals surface area contributed by atoms with Crippen molar-refractivity contribution in [1.82, 2.24) is 10.3 Å². The van der Waals surface area contributed by atoms with Crippen molar-refractivity contribution in [2.24, 2.45) is 0 Å². The molecule has 0 saturated heterocycles. The smallest absolute Gasteiger partial charge is 0.269 e. The second-order valence-corrected chi connectivity index (χ2v) is 3.40. The summed E-state index contributed by atoms with van der Waals surface area (Å²) < 4.78 is 0. The minimum Gasteiger partial charge on any atom is -0.395 e. The summed E-state index contributed by atoms with van der Waals surface area (Å²) in [6, 6.07) is 9.45. The summed E-state index contributed by atoms with van der Waals surface area (Å²) in [7, 11) is 0. The molecule has 0 bridgehead atoms. The van der Waals surface area contributed by atoms with Crippen molar-refractivity contribution in [1.29, 1.82) is 0 Å². The molecule has 0 radical (unpaired) electrons. The van der Waals surface area contributed by atoms with Gasteiger partial charge in [-0.25, -0.2) is 0 Å². The summed E-state index contributed by atoms with van der Waals surface area (Å²) in [4.78, 5) is 15.6. The lowest BCUT2D eigenvalue weighted by molar-refractivity contribution is 0.0940. The van der Waals surface area contributed by atoms with Gasteiger partial charge in [0.15, 0.2) is 0 Å². The van der Waals surface area contributed by atoms with Gasteiger partial charge in [0.05, 0.1) is 6.61 Å². The number of carbonyl (C=O) groups is 1. The third kappa shape index (κ3) is 2.17. The van der Waals surface area contributed by atoms with Gasteiger partial charge >= 0.3 is 0 Å². The van der Waals surface area contributed by atoms with Gasteiger partial charge in [-0.15, -0.1) is 0 Å². The molecule has 0 aliphatic carbocycles. The van der Waals surface area contributed by atoms with Crippen LogP contribution >= 0.6 is 0 Å². The van der Waals surface area contributed by atoms with Crippen LogP contribution in [0.1, 0.15) is 10.5 Å². The molecule has 0 aliphatic rings. The van der Waals surface area contributed by atoms with Crippen LogP contribution in [0, 0.1) is 0 Å². The molecule has 4 nitrogen and oxygen atoms in total. The number of hydrogen-bond acceptors (Lipinski definition) is 3. The van der Waals surface area contributed by atoms with E-state index in [-0.39, 0.29) is 19.1 Å². The van der Waals surface area contributed by atoms with Crippen LogP contribution in [-0.4, -0.2) is 29.1 Å². The standard InChI is InChI=1S/C12H12N2O2/c15-6-5-13-12(16)11-7-9-3-1-2-4-10(9)8-14-11/h1-4,7-8,15H,5-6H2,(H,13,16). The highest BCUT2D eigenvalue weighted by Gasteiger charge is 2.06. The highest BCUT2D eigenvalue weighted by Crippen LogP contribution is 2.12. The van der Waals surface area contributed by atoms with Crippen molar-refractivity contribution in [3.8, 4) is 0 Å². The average Bonchev–Trinajstić information content (AvgIpc) is 2.35. The quantitative estimate of drug-likeness (QED) is 0.803. The first kappa shape index (κ1) is 10.6. The number of carbonyl (C=O) groups excluding carboxylic acids is 1. The van der Waals surface area contributed by atoms with Gasteiger partial charge in [-0.1, -0.05) is 24.3 Å². The Hall–Kier alpha value is -1.94. The molecule has 0 aliphatic heterocycles. The zero-order valence-corrected chi connectivity index (χ0v) is 8.68. The Kier molecular flexibility index (Phi) is 3.12. The molecule has 0 unspecified atom stereocenters. The number of hydrogen-bond donors (Lipinski definition) is 2. The maximum Gasteiger partial charge on any atom is 0.269 e. The maximum absolute atomic E-state index is 11.6. The van der Waals surface area contributed by atoms with Crippen LogP contribution in [0.25, 0.3) is 10.8 Å². The number of nitrogens with zero attached hydrogens (tertiary/aromatic N) is 1. The molecular formula is C12H12N2O2. The number of aromatic nitrogens is 1. The summed E-state index contributed by atoms with van der Waals surface area (Å²) in [5.74, 6) is -0.264. The van der Waals surface area contributed by atoms with Gasteiger partial charge in [-0.2, -0.15) is 0 Å². The lowest BCUT2D eigenvalue weighted by atomic mass is 10.1. The van der Waals surface area contributed by atoms with E-state index in [0.717, 1.165) is 10.8 Å². The lowest BCUT2D eigenvalue weighted by Gasteiger charge is -2.03. The molecule has 0 spiro atoms. The molecule has 4 heteroatoms. The van der Waals surface area contributed by atoms with E-state index in [0.29, 0.717) is 5.69 Å². The minimum absolute atomic E-state index is 0.0701. The summed E-state index contributed by atoms with van der Waals surface area (Å²) in [6.45, 7) is 0.173. The van der Waals surface area contributed by atoms with E-state index in [1.54, 1.807) is 12.3 Å². The second kappa shape index (κ2) is 4.72. The monoisotopic (exact) mass is 216 g/mol. The number of aliphatic hydroxyl groups excluding tert-OH is 1. The first-order valence-electron chi connectivity index (χ1n) is 5.05. The number of rotatable bonds is 3. The molecule has 1 amide bonds. The van der Waals surface area contributed by atoms with E-state index in [9.17, 15) is 4.79 Å². The fourth-order valence-corrected chi connectivity index (χ4v) is 1.47. The van der Waals surface area contributed by atoms with E-state index in [4.69, 9.17) is 5.11 Å². The zero-order chi connectivity index (χ0) is 11.4. The summed E-state index contributed by atoms with van der Waals surface area (Å²) >= 11 is 0. The molecule has 2 aromatic rings. The zero-order valence-electron chi connectivity index (χ0n) is 8.68. The fourth-order valence-electron chi connectivity index (χ4n) is 1.47. The van der Waals surface area contributed by atoms with E-state index in [1.165, 1.54) is 0 Å². The number of fused-ring (bicyclic) bond motifs is 1. The highest BCUT2D eigenvalue weighted by molar-refractivity contribution is 5.96. The molecule has 0 fully saturated rings. The van der Waals surface area contributed by atoms with Crippen molar-refractivity contribution in [3.05, 3.63) is 42.2 Å². The summed E-state index contributed by atoms with van der Waals surface area (Å²) in [6.07, 6.45) is 1.67. The number of pyridine rings is 1. The molecule has 2 N–H and O–H groups in total. The molecule has 82 valence electrons. The van der Waals surface area contributed by atoms with Crippen LogP contribution < -0.4 is 5.32 Å². The Morgan fingerprint density at radius 2 is 2.06 bits per heavy atom. The SMILES string of the molecule is O=C(NCCO)c1cc2ccccc2cn1. The third-order valence-corrected chi connectivity index (χ3v) is 2.26. The van der Waals surface area contributed by atoms with Crippen LogP contribution in [0.5, 0.6) is 0 Å².